The van der Waals surface area contributed by atoms with E-state index < -0.39 is 47.8 Å². The maximum Gasteiger partial charge on any atom is 0.416 e. The van der Waals surface area contributed by atoms with Gasteiger partial charge in [0.15, 0.2) is 12.4 Å². The third-order valence-corrected chi connectivity index (χ3v) is 4.03. The van der Waals surface area contributed by atoms with Gasteiger partial charge in [-0.05, 0) is 45.7 Å². The standard InChI is InChI=1S/C19H22F3NO5/c1-18(2,3)28-17(26)23-10-4-5-14(23)16(25)27-11-15(24)12-6-8-13(9-7-12)19(20,21)22/h6-9,14H,4-5,10-11H2,1-3H3/t14-/m0/s1. The monoisotopic (exact) mass is 401 g/mol. The molecule has 1 amide bonds. The van der Waals surface area contributed by atoms with Crippen LogP contribution < -0.4 is 0 Å². The van der Waals surface area contributed by atoms with Crippen LogP contribution in [0.4, 0.5) is 18.0 Å². The van der Waals surface area contributed by atoms with Gasteiger partial charge >= 0.3 is 18.2 Å². The molecule has 0 bridgehead atoms. The molecule has 28 heavy (non-hydrogen) atoms. The highest BCUT2D eigenvalue weighted by Crippen LogP contribution is 2.29. The molecule has 0 saturated carbocycles. The van der Waals surface area contributed by atoms with Crippen LogP contribution in [0, 0.1) is 0 Å². The molecule has 1 saturated heterocycles. The van der Waals surface area contributed by atoms with Crippen molar-refractivity contribution in [3.8, 4) is 0 Å². The highest BCUT2D eigenvalue weighted by Gasteiger charge is 2.38. The van der Waals surface area contributed by atoms with Crippen molar-refractivity contribution in [2.75, 3.05) is 13.2 Å². The first kappa shape index (κ1) is 21.7. The van der Waals surface area contributed by atoms with Gasteiger partial charge in [0.05, 0.1) is 5.56 Å². The second-order valence-electron chi connectivity index (χ2n) is 7.44. The second kappa shape index (κ2) is 8.20. The topological polar surface area (TPSA) is 72.9 Å². The van der Waals surface area contributed by atoms with Gasteiger partial charge < -0.3 is 9.47 Å². The Morgan fingerprint density at radius 2 is 1.71 bits per heavy atom. The van der Waals surface area contributed by atoms with Crippen molar-refractivity contribution in [2.24, 2.45) is 0 Å². The van der Waals surface area contributed by atoms with Gasteiger partial charge in [-0.25, -0.2) is 9.59 Å². The molecule has 1 aromatic carbocycles. The zero-order chi connectivity index (χ0) is 21.1. The number of benzene rings is 1. The number of Topliss-reactive ketones (excluding diaryl/α,β-unsaturated/α-hetero) is 1. The number of carbonyl (C=O) groups is 3. The van der Waals surface area contributed by atoms with E-state index in [0.717, 1.165) is 24.3 Å². The summed E-state index contributed by atoms with van der Waals surface area (Å²) in [7, 11) is 0. The number of hydrogen-bond acceptors (Lipinski definition) is 5. The number of alkyl halides is 3. The first-order chi connectivity index (χ1) is 12.9. The molecular formula is C19H22F3NO5. The number of hydrogen-bond donors (Lipinski definition) is 0. The van der Waals surface area contributed by atoms with Crippen LogP contribution in [0.3, 0.4) is 0 Å². The molecule has 2 rings (SSSR count). The van der Waals surface area contributed by atoms with E-state index in [1.807, 2.05) is 0 Å². The van der Waals surface area contributed by atoms with Gasteiger partial charge in [0.1, 0.15) is 11.6 Å². The predicted octanol–water partition coefficient (Wildman–Crippen LogP) is 3.83. The first-order valence-corrected chi connectivity index (χ1v) is 8.75. The number of halogens is 3. The fraction of sp³-hybridized carbons (Fsp3) is 0.526. The summed E-state index contributed by atoms with van der Waals surface area (Å²) < 4.78 is 47.9. The molecule has 6 nitrogen and oxygen atoms in total. The quantitative estimate of drug-likeness (QED) is 0.566. The molecule has 154 valence electrons. The maximum atomic E-state index is 12.6. The summed E-state index contributed by atoms with van der Waals surface area (Å²) in [5.74, 6) is -1.38. The fourth-order valence-corrected chi connectivity index (χ4v) is 2.71. The Labute approximate surface area is 160 Å². The summed E-state index contributed by atoms with van der Waals surface area (Å²) in [6.07, 6.45) is -4.17. The van der Waals surface area contributed by atoms with Crippen LogP contribution in [-0.4, -0.2) is 47.5 Å². The Hall–Kier alpha value is -2.58. The third kappa shape index (κ3) is 5.71. The van der Waals surface area contributed by atoms with Crippen LogP contribution in [-0.2, 0) is 20.4 Å². The fourth-order valence-electron chi connectivity index (χ4n) is 2.71. The predicted molar refractivity (Wildman–Crippen MR) is 92.7 cm³/mol. The Kier molecular flexibility index (Phi) is 6.36. The van der Waals surface area contributed by atoms with E-state index >= 15 is 0 Å². The summed E-state index contributed by atoms with van der Waals surface area (Å²) >= 11 is 0. The summed E-state index contributed by atoms with van der Waals surface area (Å²) in [6.45, 7) is 4.83. The maximum absolute atomic E-state index is 12.6. The van der Waals surface area contributed by atoms with Crippen molar-refractivity contribution in [3.05, 3.63) is 35.4 Å². The lowest BCUT2D eigenvalue weighted by atomic mass is 10.1. The van der Waals surface area contributed by atoms with E-state index in [1.54, 1.807) is 20.8 Å². The number of ketones is 1. The average molecular weight is 401 g/mol. The average Bonchev–Trinajstić information content (AvgIpc) is 3.07. The summed E-state index contributed by atoms with van der Waals surface area (Å²) in [5.41, 5.74) is -1.59. The molecule has 0 aromatic heterocycles. The molecule has 0 unspecified atom stereocenters. The third-order valence-electron chi connectivity index (χ3n) is 4.03. The second-order valence-corrected chi connectivity index (χ2v) is 7.44. The molecule has 9 heteroatoms. The molecule has 1 aliphatic rings. The van der Waals surface area contributed by atoms with Gasteiger partial charge in [-0.15, -0.1) is 0 Å². The number of amides is 1. The minimum atomic E-state index is -4.50. The minimum absolute atomic E-state index is 0.00350. The molecule has 0 aliphatic carbocycles. The molecular weight excluding hydrogens is 379 g/mol. The zero-order valence-electron chi connectivity index (χ0n) is 15.8. The normalized spacial score (nSPS) is 17.4. The lowest BCUT2D eigenvalue weighted by Gasteiger charge is -2.27. The Balaban J connectivity index is 1.93. The molecule has 0 radical (unpaired) electrons. The Bertz CT molecular complexity index is 737. The summed E-state index contributed by atoms with van der Waals surface area (Å²) in [4.78, 5) is 37.8. The molecule has 1 heterocycles. The summed E-state index contributed by atoms with van der Waals surface area (Å²) in [5, 5.41) is 0. The molecule has 0 spiro atoms. The molecule has 1 atom stereocenters. The number of rotatable bonds is 4. The van der Waals surface area contributed by atoms with Gasteiger partial charge in [0.25, 0.3) is 0 Å². The Morgan fingerprint density at radius 1 is 1.11 bits per heavy atom. The highest BCUT2D eigenvalue weighted by atomic mass is 19.4. The van der Waals surface area contributed by atoms with Crippen molar-refractivity contribution in [2.45, 2.75) is 51.4 Å². The van der Waals surface area contributed by atoms with Gasteiger partial charge in [0, 0.05) is 12.1 Å². The van der Waals surface area contributed by atoms with E-state index in [1.165, 1.54) is 4.90 Å². The lowest BCUT2D eigenvalue weighted by molar-refractivity contribution is -0.147. The first-order valence-electron chi connectivity index (χ1n) is 8.75. The molecule has 1 fully saturated rings. The SMILES string of the molecule is CC(C)(C)OC(=O)N1CCC[C@H]1C(=O)OCC(=O)c1ccc(C(F)(F)F)cc1. The molecule has 1 aromatic rings. The number of likely N-dealkylation sites (tertiary alicyclic amines) is 1. The van der Waals surface area contributed by atoms with Crippen molar-refractivity contribution in [1.82, 2.24) is 4.90 Å². The highest BCUT2D eigenvalue weighted by molar-refractivity contribution is 5.98. The number of esters is 1. The largest absolute Gasteiger partial charge is 0.456 e. The molecule has 0 N–H and O–H groups in total. The van der Waals surface area contributed by atoms with Gasteiger partial charge in [0.2, 0.25) is 0 Å². The number of carbonyl (C=O) groups excluding carboxylic acids is 3. The number of ether oxygens (including phenoxy) is 2. The van der Waals surface area contributed by atoms with E-state index in [9.17, 15) is 27.6 Å². The lowest BCUT2D eigenvalue weighted by Crippen LogP contribution is -2.44. The smallest absolute Gasteiger partial charge is 0.416 e. The zero-order valence-corrected chi connectivity index (χ0v) is 15.8. The van der Waals surface area contributed by atoms with Crippen LogP contribution in [0.1, 0.15) is 49.5 Å². The van der Waals surface area contributed by atoms with E-state index in [2.05, 4.69) is 0 Å². The Morgan fingerprint density at radius 3 is 2.25 bits per heavy atom. The van der Waals surface area contributed by atoms with Crippen LogP contribution in [0.2, 0.25) is 0 Å². The van der Waals surface area contributed by atoms with Crippen LogP contribution in [0.5, 0.6) is 0 Å². The van der Waals surface area contributed by atoms with Crippen molar-refractivity contribution in [3.63, 3.8) is 0 Å². The summed E-state index contributed by atoms with van der Waals surface area (Å²) in [6, 6.07) is 2.78. The van der Waals surface area contributed by atoms with Crippen molar-refractivity contribution < 1.29 is 37.0 Å². The van der Waals surface area contributed by atoms with Crippen molar-refractivity contribution in [1.29, 1.82) is 0 Å². The minimum Gasteiger partial charge on any atom is -0.456 e. The van der Waals surface area contributed by atoms with Gasteiger partial charge in [-0.3, -0.25) is 9.69 Å². The van der Waals surface area contributed by atoms with E-state index in [4.69, 9.17) is 9.47 Å². The van der Waals surface area contributed by atoms with Gasteiger partial charge in [-0.1, -0.05) is 12.1 Å². The van der Waals surface area contributed by atoms with Crippen LogP contribution in [0.25, 0.3) is 0 Å². The van der Waals surface area contributed by atoms with E-state index in [-0.39, 0.29) is 5.56 Å². The molecule has 1 aliphatic heterocycles. The van der Waals surface area contributed by atoms with Crippen LogP contribution >= 0.6 is 0 Å². The van der Waals surface area contributed by atoms with Gasteiger partial charge in [-0.2, -0.15) is 13.2 Å². The van der Waals surface area contributed by atoms with Crippen LogP contribution in [0.15, 0.2) is 24.3 Å². The van der Waals surface area contributed by atoms with E-state index in [0.29, 0.717) is 19.4 Å². The van der Waals surface area contributed by atoms with Crippen molar-refractivity contribution >= 4 is 17.8 Å². The number of nitrogens with zero attached hydrogens (tertiary/aromatic N) is 1.